The number of fused-ring (bicyclic) bond motifs is 1. The lowest BCUT2D eigenvalue weighted by atomic mass is 9.97. The number of benzene rings is 2. The lowest BCUT2D eigenvalue weighted by Crippen LogP contribution is -2.55. The zero-order valence-electron chi connectivity index (χ0n) is 24.6. The van der Waals surface area contributed by atoms with Gasteiger partial charge in [0.1, 0.15) is 0 Å². The quantitative estimate of drug-likeness (QED) is 0.111. The first-order valence-corrected chi connectivity index (χ1v) is 14.7. The Bertz CT molecular complexity index is 1300. The number of nitrogens with one attached hydrogen (secondary N) is 2. The van der Waals surface area contributed by atoms with Crippen molar-refractivity contribution >= 4 is 28.5 Å². The Balaban J connectivity index is 1.54. The topological polar surface area (TPSA) is 166 Å². The Labute approximate surface area is 248 Å². The zero-order valence-corrected chi connectivity index (χ0v) is 24.6. The van der Waals surface area contributed by atoms with Gasteiger partial charge in [0.2, 0.25) is 5.91 Å². The Kier molecular flexibility index (Phi) is 13.0. The van der Waals surface area contributed by atoms with Crippen LogP contribution in [0.5, 0.6) is 0 Å². The van der Waals surface area contributed by atoms with Crippen molar-refractivity contribution in [2.45, 2.75) is 44.2 Å². The first-order valence-electron chi connectivity index (χ1n) is 14.7. The van der Waals surface area contributed by atoms with E-state index in [0.717, 1.165) is 22.0 Å². The number of nitrogens with two attached hydrogens (primary N) is 3. The van der Waals surface area contributed by atoms with E-state index in [0.29, 0.717) is 69.4 Å². The van der Waals surface area contributed by atoms with Crippen molar-refractivity contribution in [3.63, 3.8) is 0 Å². The van der Waals surface area contributed by atoms with Crippen LogP contribution in [0.4, 0.5) is 0 Å². The SMILES string of the molecule is C[N+](CCN)(CCN)CC(=O)NCCC[C@H](N)C(=O)N[C@@H](CCc1ccccc1)C(=O)Cc1cnc2ccccc2c1. The number of rotatable bonds is 18. The van der Waals surface area contributed by atoms with E-state index in [9.17, 15) is 14.4 Å². The Hall–Kier alpha value is -3.70. The molecular weight excluding hydrogens is 530 g/mol. The summed E-state index contributed by atoms with van der Waals surface area (Å²) in [4.78, 5) is 43.4. The average Bonchev–Trinajstić information content (AvgIpc) is 2.97. The number of nitrogens with zero attached hydrogens (tertiary/aromatic N) is 2. The zero-order chi connectivity index (χ0) is 30.4. The summed E-state index contributed by atoms with van der Waals surface area (Å²) in [6, 6.07) is 18.1. The second kappa shape index (κ2) is 16.7. The molecule has 1 heterocycles. The molecule has 42 heavy (non-hydrogen) atoms. The van der Waals surface area contributed by atoms with Crippen LogP contribution in [-0.2, 0) is 27.2 Å². The lowest BCUT2D eigenvalue weighted by molar-refractivity contribution is -0.899. The van der Waals surface area contributed by atoms with Gasteiger partial charge in [-0.25, -0.2) is 0 Å². The largest absolute Gasteiger partial charge is 0.351 e. The number of amides is 2. The number of aromatic nitrogens is 1. The number of hydrogen-bond acceptors (Lipinski definition) is 7. The monoisotopic (exact) mass is 576 g/mol. The van der Waals surface area contributed by atoms with Crippen molar-refractivity contribution < 1.29 is 18.9 Å². The molecule has 226 valence electrons. The van der Waals surface area contributed by atoms with Crippen molar-refractivity contribution in [2.24, 2.45) is 17.2 Å². The highest BCUT2D eigenvalue weighted by Gasteiger charge is 2.25. The summed E-state index contributed by atoms with van der Waals surface area (Å²) in [6.45, 7) is 2.97. The van der Waals surface area contributed by atoms with Gasteiger partial charge in [-0.3, -0.25) is 19.4 Å². The highest BCUT2D eigenvalue weighted by atomic mass is 16.2. The number of quaternary nitrogens is 1. The normalized spacial score (nSPS) is 13.0. The molecule has 0 saturated carbocycles. The summed E-state index contributed by atoms with van der Waals surface area (Å²) in [6.07, 6.45) is 3.87. The minimum Gasteiger partial charge on any atom is -0.351 e. The van der Waals surface area contributed by atoms with Crippen molar-refractivity contribution in [3.8, 4) is 0 Å². The second-order valence-electron chi connectivity index (χ2n) is 11.2. The first kappa shape index (κ1) is 32.8. The number of carbonyl (C=O) groups excluding carboxylic acids is 3. The molecule has 0 bridgehead atoms. The van der Waals surface area contributed by atoms with Crippen LogP contribution >= 0.6 is 0 Å². The van der Waals surface area contributed by atoms with Crippen LogP contribution in [0, 0.1) is 0 Å². The highest BCUT2D eigenvalue weighted by Crippen LogP contribution is 2.15. The predicted molar refractivity (Wildman–Crippen MR) is 166 cm³/mol. The lowest BCUT2D eigenvalue weighted by Gasteiger charge is -2.33. The Morgan fingerprint density at radius 2 is 1.62 bits per heavy atom. The van der Waals surface area contributed by atoms with Gasteiger partial charge in [-0.1, -0.05) is 48.5 Å². The number of carbonyl (C=O) groups is 3. The van der Waals surface area contributed by atoms with E-state index in [-0.39, 0.29) is 24.0 Å². The standard InChI is InChI=1S/C32H45N7O3/c1-39(18-15-33,19-16-34)23-31(41)36-17-7-11-27(35)32(42)38-29(14-13-24-8-3-2-4-9-24)30(40)21-25-20-26-10-5-6-12-28(26)37-22-25/h2-6,8-10,12,20,22,27,29H,7,11,13-19,21,23,33-35H2,1H3,(H-,36,38,41,42)/p+1/t27-,29-/m0/s1. The fourth-order valence-electron chi connectivity index (χ4n) is 5.06. The Morgan fingerprint density at radius 3 is 2.33 bits per heavy atom. The molecule has 8 N–H and O–H groups in total. The van der Waals surface area contributed by atoms with Crippen molar-refractivity contribution in [1.29, 1.82) is 0 Å². The molecule has 10 nitrogen and oxygen atoms in total. The van der Waals surface area contributed by atoms with Crippen LogP contribution < -0.4 is 27.8 Å². The number of hydrogen-bond donors (Lipinski definition) is 5. The average molecular weight is 577 g/mol. The van der Waals surface area contributed by atoms with Crippen LogP contribution in [-0.4, -0.2) is 85.5 Å². The molecule has 2 atom stereocenters. The third-order valence-electron chi connectivity index (χ3n) is 7.51. The van der Waals surface area contributed by atoms with E-state index < -0.39 is 12.1 Å². The smallest absolute Gasteiger partial charge is 0.275 e. The number of aryl methyl sites for hydroxylation is 1. The molecule has 0 radical (unpaired) electrons. The van der Waals surface area contributed by atoms with E-state index >= 15 is 0 Å². The minimum atomic E-state index is -0.799. The van der Waals surface area contributed by atoms with Crippen LogP contribution in [0.2, 0.25) is 0 Å². The molecule has 1 aromatic heterocycles. The van der Waals surface area contributed by atoms with Gasteiger partial charge in [0.05, 0.1) is 37.7 Å². The van der Waals surface area contributed by atoms with Crippen LogP contribution in [0.25, 0.3) is 10.9 Å². The predicted octanol–water partition coefficient (Wildman–Crippen LogP) is 1.05. The maximum Gasteiger partial charge on any atom is 0.275 e. The fraction of sp³-hybridized carbons (Fsp3) is 0.438. The summed E-state index contributed by atoms with van der Waals surface area (Å²) in [7, 11) is 1.96. The van der Waals surface area contributed by atoms with Crippen molar-refractivity contribution in [2.75, 3.05) is 46.3 Å². The molecule has 0 spiro atoms. The van der Waals surface area contributed by atoms with Crippen LogP contribution in [0.1, 0.15) is 30.4 Å². The first-order chi connectivity index (χ1) is 20.2. The molecular formula is C32H46N7O3+. The molecule has 2 amide bonds. The van der Waals surface area contributed by atoms with E-state index in [1.165, 1.54) is 0 Å². The summed E-state index contributed by atoms with van der Waals surface area (Å²) >= 11 is 0. The van der Waals surface area contributed by atoms with Crippen LogP contribution in [0.3, 0.4) is 0 Å². The van der Waals surface area contributed by atoms with Gasteiger partial charge in [0.25, 0.3) is 5.91 Å². The molecule has 3 aromatic rings. The number of para-hydroxylation sites is 1. The molecule has 0 saturated heterocycles. The van der Waals surface area contributed by atoms with E-state index in [4.69, 9.17) is 17.2 Å². The molecule has 0 unspecified atom stereocenters. The molecule has 0 fully saturated rings. The number of ketones is 1. The number of Topliss-reactive ketones (excluding diaryl/α,β-unsaturated/α-hetero) is 1. The Morgan fingerprint density at radius 1 is 0.929 bits per heavy atom. The molecule has 0 aliphatic heterocycles. The highest BCUT2D eigenvalue weighted by molar-refractivity contribution is 5.92. The molecule has 10 heteroatoms. The summed E-state index contributed by atoms with van der Waals surface area (Å²) in [5.74, 6) is -0.557. The van der Waals surface area contributed by atoms with Gasteiger partial charge in [-0.15, -0.1) is 0 Å². The third-order valence-corrected chi connectivity index (χ3v) is 7.51. The third kappa shape index (κ3) is 10.6. The van der Waals surface area contributed by atoms with E-state index in [1.807, 2.05) is 67.7 Å². The van der Waals surface area contributed by atoms with E-state index in [1.54, 1.807) is 6.20 Å². The molecule has 0 aliphatic rings. The number of likely N-dealkylation sites (N-methyl/N-ethyl adjacent to an activating group) is 1. The summed E-state index contributed by atoms with van der Waals surface area (Å²) < 4.78 is 0.481. The maximum atomic E-state index is 13.4. The molecule has 3 rings (SSSR count). The molecule has 0 aliphatic carbocycles. The second-order valence-corrected chi connectivity index (χ2v) is 11.2. The maximum absolute atomic E-state index is 13.4. The van der Waals surface area contributed by atoms with Crippen molar-refractivity contribution in [3.05, 3.63) is 78.0 Å². The van der Waals surface area contributed by atoms with Crippen molar-refractivity contribution in [1.82, 2.24) is 15.6 Å². The minimum absolute atomic E-state index is 0.0906. The van der Waals surface area contributed by atoms with Gasteiger partial charge in [-0.2, -0.15) is 0 Å². The van der Waals surface area contributed by atoms with Gasteiger partial charge in [-0.05, 0) is 48.9 Å². The van der Waals surface area contributed by atoms with Crippen LogP contribution in [0.15, 0.2) is 66.9 Å². The summed E-state index contributed by atoms with van der Waals surface area (Å²) in [5, 5.41) is 6.77. The van der Waals surface area contributed by atoms with Gasteiger partial charge in [0, 0.05) is 37.6 Å². The molecule has 2 aromatic carbocycles. The summed E-state index contributed by atoms with van der Waals surface area (Å²) in [5.41, 5.74) is 20.4. The van der Waals surface area contributed by atoms with Gasteiger partial charge >= 0.3 is 0 Å². The van der Waals surface area contributed by atoms with Gasteiger partial charge in [0.15, 0.2) is 12.3 Å². The van der Waals surface area contributed by atoms with Gasteiger partial charge < -0.3 is 32.3 Å². The van der Waals surface area contributed by atoms with E-state index in [2.05, 4.69) is 15.6 Å². The number of pyridine rings is 1. The fourth-order valence-corrected chi connectivity index (χ4v) is 5.06.